The molecule has 1 aliphatic rings. The van der Waals surface area contributed by atoms with Crippen LogP contribution in [0.5, 0.6) is 0 Å². The lowest BCUT2D eigenvalue weighted by molar-refractivity contribution is -0.0674. The molecule has 5 nitrogen and oxygen atoms in total. The topological polar surface area (TPSA) is 62.9 Å². The summed E-state index contributed by atoms with van der Waals surface area (Å²) in [6.45, 7) is 6.78. The fraction of sp³-hybridized carbons (Fsp3) is 0.667. The number of carbonyl (C=O) groups excluding carboxylic acids is 1. The van der Waals surface area contributed by atoms with E-state index in [1.807, 2.05) is 19.9 Å². The van der Waals surface area contributed by atoms with Gasteiger partial charge < -0.3 is 19.2 Å². The van der Waals surface area contributed by atoms with E-state index >= 15 is 0 Å². The Morgan fingerprint density at radius 1 is 1.45 bits per heavy atom. The van der Waals surface area contributed by atoms with Crippen molar-refractivity contribution in [1.29, 1.82) is 0 Å². The maximum atomic E-state index is 12.6. The molecule has 0 radical (unpaired) electrons. The van der Waals surface area contributed by atoms with Crippen molar-refractivity contribution < 1.29 is 19.1 Å². The van der Waals surface area contributed by atoms with Crippen LogP contribution in [0, 0.1) is 0 Å². The number of rotatable bonds is 4. The lowest BCUT2D eigenvalue weighted by Crippen LogP contribution is -2.51. The van der Waals surface area contributed by atoms with Crippen LogP contribution in [0.3, 0.4) is 0 Å². The SMILES string of the molecule is CCc1cc(C(=O)N2CC(CO)OCC2C)oc1CC. The van der Waals surface area contributed by atoms with Crippen LogP contribution in [0.1, 0.15) is 42.6 Å². The largest absolute Gasteiger partial charge is 0.456 e. The molecule has 0 aliphatic carbocycles. The molecular formula is C15H23NO4. The zero-order chi connectivity index (χ0) is 14.7. The third kappa shape index (κ3) is 2.88. The standard InChI is InChI=1S/C15H23NO4/c1-4-11-6-14(20-13(11)5-2)15(18)16-7-12(8-17)19-9-10(16)3/h6,10,12,17H,4-5,7-9H2,1-3H3. The fourth-order valence-electron chi connectivity index (χ4n) is 2.52. The number of nitrogens with zero attached hydrogens (tertiary/aromatic N) is 1. The van der Waals surface area contributed by atoms with Crippen LogP contribution >= 0.6 is 0 Å². The third-order valence-electron chi connectivity index (χ3n) is 3.78. The van der Waals surface area contributed by atoms with Gasteiger partial charge in [0.05, 0.1) is 25.4 Å². The predicted molar refractivity (Wildman–Crippen MR) is 74.8 cm³/mol. The molecule has 1 saturated heterocycles. The number of ether oxygens (including phenoxy) is 1. The molecule has 2 unspecified atom stereocenters. The Hall–Kier alpha value is -1.33. The normalized spacial score (nSPS) is 23.1. The number of aliphatic hydroxyl groups is 1. The summed E-state index contributed by atoms with van der Waals surface area (Å²) < 4.78 is 11.1. The van der Waals surface area contributed by atoms with Gasteiger partial charge in [0.2, 0.25) is 0 Å². The van der Waals surface area contributed by atoms with Gasteiger partial charge in [0, 0.05) is 13.0 Å². The summed E-state index contributed by atoms with van der Waals surface area (Å²) in [5.74, 6) is 1.16. The van der Waals surface area contributed by atoms with Crippen LogP contribution in [0.4, 0.5) is 0 Å². The summed E-state index contributed by atoms with van der Waals surface area (Å²) >= 11 is 0. The molecule has 2 atom stereocenters. The van der Waals surface area contributed by atoms with E-state index in [2.05, 4.69) is 6.92 Å². The van der Waals surface area contributed by atoms with Crippen molar-refractivity contribution in [2.24, 2.45) is 0 Å². The van der Waals surface area contributed by atoms with Crippen molar-refractivity contribution in [2.75, 3.05) is 19.8 Å². The molecule has 1 amide bonds. The van der Waals surface area contributed by atoms with E-state index in [9.17, 15) is 9.90 Å². The molecule has 112 valence electrons. The number of morpholine rings is 1. The van der Waals surface area contributed by atoms with Crippen molar-refractivity contribution in [3.63, 3.8) is 0 Å². The van der Waals surface area contributed by atoms with E-state index in [1.165, 1.54) is 0 Å². The molecule has 20 heavy (non-hydrogen) atoms. The number of aliphatic hydroxyl groups excluding tert-OH is 1. The highest BCUT2D eigenvalue weighted by Crippen LogP contribution is 2.21. The van der Waals surface area contributed by atoms with Crippen LogP contribution in [0.25, 0.3) is 0 Å². The van der Waals surface area contributed by atoms with Crippen molar-refractivity contribution in [3.8, 4) is 0 Å². The zero-order valence-corrected chi connectivity index (χ0v) is 12.4. The summed E-state index contributed by atoms with van der Waals surface area (Å²) in [5.41, 5.74) is 1.09. The Labute approximate surface area is 119 Å². The number of carbonyl (C=O) groups is 1. The minimum absolute atomic E-state index is 0.00875. The number of amides is 1. The second kappa shape index (κ2) is 6.41. The third-order valence-corrected chi connectivity index (χ3v) is 3.78. The molecule has 2 heterocycles. The number of furan rings is 1. The average Bonchev–Trinajstić information content (AvgIpc) is 2.90. The van der Waals surface area contributed by atoms with Crippen molar-refractivity contribution in [2.45, 2.75) is 45.8 Å². The maximum Gasteiger partial charge on any atom is 0.289 e. The van der Waals surface area contributed by atoms with Gasteiger partial charge in [-0.2, -0.15) is 0 Å². The minimum Gasteiger partial charge on any atom is -0.456 e. The van der Waals surface area contributed by atoms with E-state index in [-0.39, 0.29) is 24.7 Å². The van der Waals surface area contributed by atoms with Gasteiger partial charge in [0.25, 0.3) is 5.91 Å². The number of hydrogen-bond acceptors (Lipinski definition) is 4. The van der Waals surface area contributed by atoms with Gasteiger partial charge in [-0.05, 0) is 25.0 Å². The Morgan fingerprint density at radius 2 is 2.20 bits per heavy atom. The van der Waals surface area contributed by atoms with Crippen LogP contribution in [0.2, 0.25) is 0 Å². The molecule has 0 saturated carbocycles. The Morgan fingerprint density at radius 3 is 2.75 bits per heavy atom. The highest BCUT2D eigenvalue weighted by atomic mass is 16.5. The maximum absolute atomic E-state index is 12.6. The first-order valence-electron chi connectivity index (χ1n) is 7.25. The molecule has 0 spiro atoms. The second-order valence-corrected chi connectivity index (χ2v) is 5.21. The van der Waals surface area contributed by atoms with Crippen LogP contribution < -0.4 is 0 Å². The quantitative estimate of drug-likeness (QED) is 0.911. The van der Waals surface area contributed by atoms with Gasteiger partial charge in [0.15, 0.2) is 5.76 Å². The minimum atomic E-state index is -0.304. The van der Waals surface area contributed by atoms with Gasteiger partial charge in [-0.3, -0.25) is 4.79 Å². The van der Waals surface area contributed by atoms with E-state index in [0.717, 1.165) is 24.2 Å². The van der Waals surface area contributed by atoms with E-state index in [4.69, 9.17) is 9.15 Å². The van der Waals surface area contributed by atoms with Crippen molar-refractivity contribution in [3.05, 3.63) is 23.2 Å². The van der Waals surface area contributed by atoms with Crippen molar-refractivity contribution >= 4 is 5.91 Å². The summed E-state index contributed by atoms with van der Waals surface area (Å²) in [5, 5.41) is 9.19. The molecule has 1 fully saturated rings. The first kappa shape index (κ1) is 15.1. The molecule has 1 N–H and O–H groups in total. The fourth-order valence-corrected chi connectivity index (χ4v) is 2.52. The monoisotopic (exact) mass is 281 g/mol. The summed E-state index contributed by atoms with van der Waals surface area (Å²) in [7, 11) is 0. The number of hydrogen-bond donors (Lipinski definition) is 1. The molecule has 1 aromatic heterocycles. The Bertz CT molecular complexity index is 447. The van der Waals surface area contributed by atoms with Gasteiger partial charge in [0.1, 0.15) is 5.76 Å². The van der Waals surface area contributed by atoms with Gasteiger partial charge >= 0.3 is 0 Å². The summed E-state index contributed by atoms with van der Waals surface area (Å²) in [4.78, 5) is 14.3. The average molecular weight is 281 g/mol. The summed E-state index contributed by atoms with van der Waals surface area (Å²) in [6.07, 6.45) is 1.34. The first-order valence-corrected chi connectivity index (χ1v) is 7.25. The predicted octanol–water partition coefficient (Wildman–Crippen LogP) is 1.63. The Balaban J connectivity index is 2.19. The first-order chi connectivity index (χ1) is 9.60. The van der Waals surface area contributed by atoms with Gasteiger partial charge in [-0.1, -0.05) is 13.8 Å². The lowest BCUT2D eigenvalue weighted by atomic mass is 10.1. The van der Waals surface area contributed by atoms with Crippen molar-refractivity contribution in [1.82, 2.24) is 4.90 Å². The lowest BCUT2D eigenvalue weighted by Gasteiger charge is -2.36. The van der Waals surface area contributed by atoms with E-state index in [0.29, 0.717) is 18.9 Å². The molecule has 1 aliphatic heterocycles. The highest BCUT2D eigenvalue weighted by Gasteiger charge is 2.31. The number of aryl methyl sites for hydroxylation is 2. The van der Waals surface area contributed by atoms with Crippen LogP contribution in [-0.2, 0) is 17.6 Å². The van der Waals surface area contributed by atoms with E-state index < -0.39 is 0 Å². The van der Waals surface area contributed by atoms with Crippen LogP contribution in [-0.4, -0.2) is 47.8 Å². The summed E-state index contributed by atoms with van der Waals surface area (Å²) in [6, 6.07) is 1.84. The molecule has 5 heteroatoms. The van der Waals surface area contributed by atoms with Gasteiger partial charge in [-0.25, -0.2) is 0 Å². The molecule has 1 aromatic rings. The second-order valence-electron chi connectivity index (χ2n) is 5.21. The molecule has 0 aromatic carbocycles. The molecular weight excluding hydrogens is 258 g/mol. The van der Waals surface area contributed by atoms with Crippen LogP contribution in [0.15, 0.2) is 10.5 Å². The smallest absolute Gasteiger partial charge is 0.289 e. The van der Waals surface area contributed by atoms with E-state index in [1.54, 1.807) is 4.90 Å². The molecule has 2 rings (SSSR count). The molecule has 0 bridgehead atoms. The van der Waals surface area contributed by atoms with Gasteiger partial charge in [-0.15, -0.1) is 0 Å². The zero-order valence-electron chi connectivity index (χ0n) is 12.4. The highest BCUT2D eigenvalue weighted by molar-refractivity contribution is 5.92. The Kier molecular flexibility index (Phi) is 4.83.